The summed E-state index contributed by atoms with van der Waals surface area (Å²) in [6, 6.07) is 12.5. The van der Waals surface area contributed by atoms with Gasteiger partial charge in [-0.15, -0.1) is 0 Å². The van der Waals surface area contributed by atoms with Crippen molar-refractivity contribution in [2.45, 2.75) is 45.6 Å². The van der Waals surface area contributed by atoms with E-state index in [-0.39, 0.29) is 0 Å². The standard InChI is InChI=1S/C19H21ClO/c1-12(2)18-17(14-6-9-16(20)10-7-14)11-8-15-5-4-13(3)21-19(15)18/h6-13H,4-5H2,1-3H3. The Bertz CT molecular complexity index is 643. The summed E-state index contributed by atoms with van der Waals surface area (Å²) in [5.41, 5.74) is 5.12. The van der Waals surface area contributed by atoms with Crippen LogP contribution in [0.3, 0.4) is 0 Å². The van der Waals surface area contributed by atoms with Gasteiger partial charge in [0, 0.05) is 10.6 Å². The minimum atomic E-state index is 0.301. The normalized spacial score (nSPS) is 17.5. The van der Waals surface area contributed by atoms with Crippen LogP contribution in [-0.2, 0) is 6.42 Å². The van der Waals surface area contributed by atoms with Crippen molar-refractivity contribution in [2.24, 2.45) is 0 Å². The van der Waals surface area contributed by atoms with Gasteiger partial charge in [0.1, 0.15) is 5.75 Å². The van der Waals surface area contributed by atoms with E-state index in [1.807, 2.05) is 12.1 Å². The van der Waals surface area contributed by atoms with Crippen LogP contribution in [0.5, 0.6) is 5.75 Å². The molecular weight excluding hydrogens is 280 g/mol. The largest absolute Gasteiger partial charge is 0.490 e. The fourth-order valence-corrected chi connectivity index (χ4v) is 3.18. The van der Waals surface area contributed by atoms with Crippen molar-refractivity contribution in [3.8, 4) is 16.9 Å². The van der Waals surface area contributed by atoms with E-state index in [0.29, 0.717) is 12.0 Å². The SMILES string of the molecule is CC1CCc2ccc(-c3ccc(Cl)cc3)c(C(C)C)c2O1. The molecule has 0 amide bonds. The first-order valence-corrected chi connectivity index (χ1v) is 8.02. The zero-order valence-electron chi connectivity index (χ0n) is 12.8. The zero-order valence-corrected chi connectivity index (χ0v) is 13.6. The lowest BCUT2D eigenvalue weighted by molar-refractivity contribution is 0.190. The minimum absolute atomic E-state index is 0.301. The molecule has 1 atom stereocenters. The predicted octanol–water partition coefficient (Wildman–Crippen LogP) is 5.84. The molecule has 0 aliphatic carbocycles. The first-order valence-electron chi connectivity index (χ1n) is 7.64. The summed E-state index contributed by atoms with van der Waals surface area (Å²) in [5.74, 6) is 1.53. The highest BCUT2D eigenvalue weighted by Gasteiger charge is 2.23. The molecule has 2 aromatic carbocycles. The Hall–Kier alpha value is -1.47. The van der Waals surface area contributed by atoms with E-state index < -0.39 is 0 Å². The molecular formula is C19H21ClO. The summed E-state index contributed by atoms with van der Waals surface area (Å²) in [7, 11) is 0. The number of benzene rings is 2. The highest BCUT2D eigenvalue weighted by molar-refractivity contribution is 6.30. The summed E-state index contributed by atoms with van der Waals surface area (Å²) in [6.07, 6.45) is 2.51. The monoisotopic (exact) mass is 300 g/mol. The maximum atomic E-state index is 6.18. The van der Waals surface area contributed by atoms with Gasteiger partial charge in [-0.3, -0.25) is 0 Å². The van der Waals surface area contributed by atoms with Crippen LogP contribution in [0.15, 0.2) is 36.4 Å². The Labute approximate surface area is 131 Å². The quantitative estimate of drug-likeness (QED) is 0.676. The molecule has 1 unspecified atom stereocenters. The molecule has 0 radical (unpaired) electrons. The van der Waals surface area contributed by atoms with Crippen LogP contribution in [0.2, 0.25) is 5.02 Å². The first-order chi connectivity index (χ1) is 10.1. The molecule has 1 aliphatic rings. The number of hydrogen-bond donors (Lipinski definition) is 0. The molecule has 110 valence electrons. The highest BCUT2D eigenvalue weighted by atomic mass is 35.5. The summed E-state index contributed by atoms with van der Waals surface area (Å²) < 4.78 is 6.18. The van der Waals surface area contributed by atoms with Crippen molar-refractivity contribution < 1.29 is 4.74 Å². The van der Waals surface area contributed by atoms with Crippen LogP contribution in [-0.4, -0.2) is 6.10 Å². The second kappa shape index (κ2) is 5.73. The van der Waals surface area contributed by atoms with Gasteiger partial charge >= 0.3 is 0 Å². The third-order valence-electron chi connectivity index (χ3n) is 4.15. The zero-order chi connectivity index (χ0) is 15.0. The predicted molar refractivity (Wildman–Crippen MR) is 89.4 cm³/mol. The van der Waals surface area contributed by atoms with Gasteiger partial charge in [0.15, 0.2) is 0 Å². The number of aryl methyl sites for hydroxylation is 1. The van der Waals surface area contributed by atoms with Gasteiger partial charge in [0.05, 0.1) is 6.10 Å². The maximum Gasteiger partial charge on any atom is 0.126 e. The van der Waals surface area contributed by atoms with E-state index in [0.717, 1.165) is 23.6 Å². The van der Waals surface area contributed by atoms with Crippen LogP contribution in [0, 0.1) is 0 Å². The molecule has 0 fully saturated rings. The van der Waals surface area contributed by atoms with E-state index in [2.05, 4.69) is 45.0 Å². The van der Waals surface area contributed by atoms with Crippen molar-refractivity contribution in [1.29, 1.82) is 0 Å². The van der Waals surface area contributed by atoms with Crippen LogP contribution in [0.1, 0.15) is 44.2 Å². The average molecular weight is 301 g/mol. The Morgan fingerprint density at radius 1 is 1.10 bits per heavy atom. The van der Waals surface area contributed by atoms with Gasteiger partial charge in [-0.05, 0) is 54.5 Å². The molecule has 0 N–H and O–H groups in total. The van der Waals surface area contributed by atoms with Crippen LogP contribution >= 0.6 is 11.6 Å². The van der Waals surface area contributed by atoms with Gasteiger partial charge in [0.25, 0.3) is 0 Å². The van der Waals surface area contributed by atoms with Crippen molar-refractivity contribution in [1.82, 2.24) is 0 Å². The lowest BCUT2D eigenvalue weighted by Gasteiger charge is -2.28. The number of halogens is 1. The van der Waals surface area contributed by atoms with Crippen molar-refractivity contribution >= 4 is 11.6 Å². The number of hydrogen-bond acceptors (Lipinski definition) is 1. The van der Waals surface area contributed by atoms with E-state index >= 15 is 0 Å². The van der Waals surface area contributed by atoms with Crippen molar-refractivity contribution in [2.75, 3.05) is 0 Å². The lowest BCUT2D eigenvalue weighted by atomic mass is 9.87. The minimum Gasteiger partial charge on any atom is -0.490 e. The third-order valence-corrected chi connectivity index (χ3v) is 4.40. The summed E-state index contributed by atoms with van der Waals surface area (Å²) >= 11 is 6.01. The van der Waals surface area contributed by atoms with Gasteiger partial charge in [0.2, 0.25) is 0 Å². The Balaban J connectivity index is 2.17. The second-order valence-electron chi connectivity index (χ2n) is 6.14. The molecule has 0 saturated carbocycles. The van der Waals surface area contributed by atoms with E-state index in [1.54, 1.807) is 0 Å². The fourth-order valence-electron chi connectivity index (χ4n) is 3.05. The second-order valence-corrected chi connectivity index (χ2v) is 6.58. The van der Waals surface area contributed by atoms with Gasteiger partial charge in [-0.2, -0.15) is 0 Å². The van der Waals surface area contributed by atoms with Gasteiger partial charge < -0.3 is 4.74 Å². The molecule has 21 heavy (non-hydrogen) atoms. The van der Waals surface area contributed by atoms with Crippen molar-refractivity contribution in [3.05, 3.63) is 52.5 Å². The molecule has 2 heteroatoms. The Kier molecular flexibility index (Phi) is 3.95. The van der Waals surface area contributed by atoms with Gasteiger partial charge in [-0.25, -0.2) is 0 Å². The average Bonchev–Trinajstić information content (AvgIpc) is 2.46. The van der Waals surface area contributed by atoms with E-state index in [4.69, 9.17) is 16.3 Å². The highest BCUT2D eigenvalue weighted by Crippen LogP contribution is 2.41. The third kappa shape index (κ3) is 2.80. The molecule has 0 bridgehead atoms. The van der Waals surface area contributed by atoms with Gasteiger partial charge in [-0.1, -0.05) is 49.7 Å². The Morgan fingerprint density at radius 2 is 1.81 bits per heavy atom. The van der Waals surface area contributed by atoms with E-state index in [9.17, 15) is 0 Å². The molecule has 1 heterocycles. The topological polar surface area (TPSA) is 9.23 Å². The fraction of sp³-hybridized carbons (Fsp3) is 0.368. The summed E-state index contributed by atoms with van der Waals surface area (Å²) in [4.78, 5) is 0. The van der Waals surface area contributed by atoms with Crippen LogP contribution in [0.4, 0.5) is 0 Å². The molecule has 2 aromatic rings. The molecule has 3 rings (SSSR count). The maximum absolute atomic E-state index is 6.18. The number of ether oxygens (including phenoxy) is 1. The smallest absolute Gasteiger partial charge is 0.126 e. The van der Waals surface area contributed by atoms with Crippen LogP contribution < -0.4 is 4.74 Å². The lowest BCUT2D eigenvalue weighted by Crippen LogP contribution is -2.20. The molecule has 0 aromatic heterocycles. The molecule has 1 nitrogen and oxygen atoms in total. The first kappa shape index (κ1) is 14.5. The summed E-state index contributed by atoms with van der Waals surface area (Å²) in [5, 5.41) is 0.771. The molecule has 0 saturated heterocycles. The van der Waals surface area contributed by atoms with Crippen molar-refractivity contribution in [3.63, 3.8) is 0 Å². The van der Waals surface area contributed by atoms with Crippen LogP contribution in [0.25, 0.3) is 11.1 Å². The Morgan fingerprint density at radius 3 is 2.48 bits per heavy atom. The number of rotatable bonds is 2. The molecule has 1 aliphatic heterocycles. The molecule has 0 spiro atoms. The number of fused-ring (bicyclic) bond motifs is 1. The van der Waals surface area contributed by atoms with E-state index in [1.165, 1.54) is 22.3 Å². The summed E-state index contributed by atoms with van der Waals surface area (Å²) in [6.45, 7) is 6.62.